The molecule has 0 fully saturated rings. The molecular weight excluding hydrogens is 361 g/mol. The zero-order chi connectivity index (χ0) is 20.0. The van der Waals surface area contributed by atoms with Gasteiger partial charge < -0.3 is 9.47 Å². The van der Waals surface area contributed by atoms with E-state index in [9.17, 15) is 18.0 Å². The monoisotopic (exact) mass is 382 g/mol. The number of aromatic nitrogens is 2. The maximum Gasteiger partial charge on any atom is 0.408 e. The molecular formula is C19H21F3N2O3. The Morgan fingerprint density at radius 3 is 2.26 bits per heavy atom. The minimum absolute atomic E-state index is 0.168. The Morgan fingerprint density at radius 1 is 1.15 bits per heavy atom. The first-order valence-electron chi connectivity index (χ1n) is 8.51. The van der Waals surface area contributed by atoms with Crippen LogP contribution in [-0.4, -0.2) is 36.0 Å². The van der Waals surface area contributed by atoms with E-state index in [1.807, 2.05) is 13.8 Å². The van der Waals surface area contributed by atoms with Gasteiger partial charge in [0.05, 0.1) is 31.0 Å². The maximum atomic E-state index is 13.2. The fourth-order valence-corrected chi connectivity index (χ4v) is 3.63. The zero-order valence-electron chi connectivity index (χ0n) is 15.6. The van der Waals surface area contributed by atoms with Crippen molar-refractivity contribution >= 4 is 5.78 Å². The molecule has 0 saturated heterocycles. The lowest BCUT2D eigenvalue weighted by Crippen LogP contribution is -2.32. The molecule has 146 valence electrons. The summed E-state index contributed by atoms with van der Waals surface area (Å²) in [6.07, 6.45) is -3.74. The van der Waals surface area contributed by atoms with E-state index in [1.54, 1.807) is 18.2 Å². The smallest absolute Gasteiger partial charge is 0.408 e. The van der Waals surface area contributed by atoms with E-state index in [-0.39, 0.29) is 23.5 Å². The molecule has 1 aromatic heterocycles. The third-order valence-electron chi connectivity index (χ3n) is 4.84. The minimum Gasteiger partial charge on any atom is -0.496 e. The zero-order valence-corrected chi connectivity index (χ0v) is 15.6. The molecule has 0 aliphatic heterocycles. The average molecular weight is 382 g/mol. The van der Waals surface area contributed by atoms with Crippen molar-refractivity contribution in [1.29, 1.82) is 0 Å². The lowest BCUT2D eigenvalue weighted by atomic mass is 9.75. The standard InChI is InChI=1S/C19H21F3N2O3/c1-18(2)9-8-11(25)14-16(23-24(17(14)18)10-19(20,21)22)15-12(26-3)6-5-7-13(15)27-4/h5-7H,8-10H2,1-4H3. The Morgan fingerprint density at radius 2 is 1.74 bits per heavy atom. The molecule has 0 saturated carbocycles. The van der Waals surface area contributed by atoms with Crippen molar-refractivity contribution in [3.05, 3.63) is 29.5 Å². The number of hydrogen-bond acceptors (Lipinski definition) is 4. The number of ketones is 1. The highest BCUT2D eigenvalue weighted by Gasteiger charge is 2.42. The molecule has 0 spiro atoms. The van der Waals surface area contributed by atoms with Crippen LogP contribution in [0.1, 0.15) is 42.7 Å². The summed E-state index contributed by atoms with van der Waals surface area (Å²) in [5, 5.41) is 4.23. The number of carbonyl (C=O) groups is 1. The van der Waals surface area contributed by atoms with Gasteiger partial charge in [-0.3, -0.25) is 9.48 Å². The second-order valence-electron chi connectivity index (χ2n) is 7.19. The maximum absolute atomic E-state index is 13.2. The minimum atomic E-state index is -4.46. The highest BCUT2D eigenvalue weighted by atomic mass is 19.4. The Kier molecular flexibility index (Phi) is 4.69. The molecule has 0 amide bonds. The van der Waals surface area contributed by atoms with Crippen LogP contribution in [0.4, 0.5) is 13.2 Å². The van der Waals surface area contributed by atoms with E-state index >= 15 is 0 Å². The van der Waals surface area contributed by atoms with Crippen molar-refractivity contribution in [2.45, 2.75) is 44.8 Å². The van der Waals surface area contributed by atoms with Gasteiger partial charge in [0, 0.05) is 11.8 Å². The van der Waals surface area contributed by atoms with E-state index in [0.29, 0.717) is 29.2 Å². The molecule has 0 atom stereocenters. The SMILES string of the molecule is COc1cccc(OC)c1-c1nn(CC(F)(F)F)c2c1C(=O)CCC2(C)C. The molecule has 0 unspecified atom stereocenters. The van der Waals surface area contributed by atoms with Crippen LogP contribution in [0.25, 0.3) is 11.3 Å². The number of halogens is 3. The molecule has 1 aliphatic rings. The molecule has 1 heterocycles. The van der Waals surface area contributed by atoms with Crippen molar-refractivity contribution in [2.24, 2.45) is 0 Å². The Labute approximate surface area is 155 Å². The predicted molar refractivity (Wildman–Crippen MR) is 93.4 cm³/mol. The molecule has 5 nitrogen and oxygen atoms in total. The normalized spacial score (nSPS) is 16.2. The van der Waals surface area contributed by atoms with E-state index in [4.69, 9.17) is 9.47 Å². The van der Waals surface area contributed by atoms with Crippen molar-refractivity contribution in [2.75, 3.05) is 14.2 Å². The Bertz CT molecular complexity index is 863. The van der Waals surface area contributed by atoms with Crippen LogP contribution in [0, 0.1) is 0 Å². The quantitative estimate of drug-likeness (QED) is 0.787. The summed E-state index contributed by atoms with van der Waals surface area (Å²) in [6.45, 7) is 2.40. The van der Waals surface area contributed by atoms with Crippen molar-refractivity contribution < 1.29 is 27.4 Å². The van der Waals surface area contributed by atoms with Gasteiger partial charge in [0.2, 0.25) is 0 Å². The second kappa shape index (κ2) is 6.58. The summed E-state index contributed by atoms with van der Waals surface area (Å²) >= 11 is 0. The lowest BCUT2D eigenvalue weighted by Gasteiger charge is -2.31. The van der Waals surface area contributed by atoms with Crippen LogP contribution < -0.4 is 9.47 Å². The molecule has 27 heavy (non-hydrogen) atoms. The van der Waals surface area contributed by atoms with Gasteiger partial charge in [-0.25, -0.2) is 0 Å². The van der Waals surface area contributed by atoms with Crippen LogP contribution >= 0.6 is 0 Å². The van der Waals surface area contributed by atoms with Gasteiger partial charge >= 0.3 is 6.18 Å². The molecule has 0 radical (unpaired) electrons. The summed E-state index contributed by atoms with van der Waals surface area (Å²) in [5.41, 5.74) is 0.457. The number of ether oxygens (including phenoxy) is 2. The van der Waals surface area contributed by atoms with Gasteiger partial charge in [-0.15, -0.1) is 0 Å². The van der Waals surface area contributed by atoms with E-state index in [2.05, 4.69) is 5.10 Å². The Hall–Kier alpha value is -2.51. The van der Waals surface area contributed by atoms with E-state index in [0.717, 1.165) is 4.68 Å². The van der Waals surface area contributed by atoms with E-state index < -0.39 is 18.1 Å². The van der Waals surface area contributed by atoms with Crippen LogP contribution in [0.5, 0.6) is 11.5 Å². The number of nitrogens with zero attached hydrogens (tertiary/aromatic N) is 2. The van der Waals surface area contributed by atoms with E-state index in [1.165, 1.54) is 14.2 Å². The first kappa shape index (κ1) is 19.3. The van der Waals surface area contributed by atoms with Gasteiger partial charge in [0.25, 0.3) is 0 Å². The molecule has 0 N–H and O–H groups in total. The van der Waals surface area contributed by atoms with Gasteiger partial charge in [-0.05, 0) is 18.6 Å². The molecule has 8 heteroatoms. The summed E-state index contributed by atoms with van der Waals surface area (Å²) in [4.78, 5) is 12.7. The Balaban J connectivity index is 2.35. The first-order chi connectivity index (χ1) is 12.6. The van der Waals surface area contributed by atoms with Crippen molar-refractivity contribution in [1.82, 2.24) is 9.78 Å². The van der Waals surface area contributed by atoms with Crippen molar-refractivity contribution in [3.63, 3.8) is 0 Å². The third-order valence-corrected chi connectivity index (χ3v) is 4.84. The number of alkyl halides is 3. The number of Topliss-reactive ketones (excluding diaryl/α,β-unsaturated/α-hetero) is 1. The third kappa shape index (κ3) is 3.40. The molecule has 1 aliphatic carbocycles. The fraction of sp³-hybridized carbons (Fsp3) is 0.474. The molecule has 0 bridgehead atoms. The highest BCUT2D eigenvalue weighted by Crippen LogP contribution is 2.46. The molecule has 3 rings (SSSR count). The average Bonchev–Trinajstić information content (AvgIpc) is 2.96. The summed E-state index contributed by atoms with van der Waals surface area (Å²) in [7, 11) is 2.90. The van der Waals surface area contributed by atoms with Gasteiger partial charge in [-0.2, -0.15) is 18.3 Å². The first-order valence-corrected chi connectivity index (χ1v) is 8.51. The predicted octanol–water partition coefficient (Wildman–Crippen LogP) is 4.38. The molecule has 2 aromatic rings. The summed E-state index contributed by atoms with van der Waals surface area (Å²) in [5.74, 6) is 0.538. The van der Waals surface area contributed by atoms with Crippen molar-refractivity contribution in [3.8, 4) is 22.8 Å². The number of rotatable bonds is 4. The van der Waals surface area contributed by atoms with Gasteiger partial charge in [0.15, 0.2) is 5.78 Å². The molecule has 1 aromatic carbocycles. The lowest BCUT2D eigenvalue weighted by molar-refractivity contribution is -0.143. The number of carbonyl (C=O) groups excluding carboxylic acids is 1. The van der Waals surface area contributed by atoms with Crippen LogP contribution in [0.3, 0.4) is 0 Å². The number of benzene rings is 1. The van der Waals surface area contributed by atoms with Crippen LogP contribution in [0.15, 0.2) is 18.2 Å². The summed E-state index contributed by atoms with van der Waals surface area (Å²) in [6, 6.07) is 5.02. The topological polar surface area (TPSA) is 53.4 Å². The number of methoxy groups -OCH3 is 2. The highest BCUT2D eigenvalue weighted by molar-refractivity contribution is 6.05. The second-order valence-corrected chi connectivity index (χ2v) is 7.19. The fourth-order valence-electron chi connectivity index (χ4n) is 3.63. The van der Waals surface area contributed by atoms with Gasteiger partial charge in [-0.1, -0.05) is 19.9 Å². The van der Waals surface area contributed by atoms with Crippen LogP contribution in [-0.2, 0) is 12.0 Å². The number of fused-ring (bicyclic) bond motifs is 1. The number of hydrogen-bond donors (Lipinski definition) is 0. The summed E-state index contributed by atoms with van der Waals surface area (Å²) < 4.78 is 51.1. The van der Waals surface area contributed by atoms with Crippen LogP contribution in [0.2, 0.25) is 0 Å². The largest absolute Gasteiger partial charge is 0.496 e. The van der Waals surface area contributed by atoms with Gasteiger partial charge in [0.1, 0.15) is 23.7 Å².